The van der Waals surface area contributed by atoms with Gasteiger partial charge in [0.1, 0.15) is 23.9 Å². The summed E-state index contributed by atoms with van der Waals surface area (Å²) in [5.41, 5.74) is 17.9. The Morgan fingerprint density at radius 2 is 1.60 bits per heavy atom. The number of aliphatic carboxylic acids is 1. The zero-order valence-corrected chi connectivity index (χ0v) is 22.5. The lowest BCUT2D eigenvalue weighted by Crippen LogP contribution is -2.58. The molecule has 0 spiro atoms. The molecule has 4 atom stereocenters. The predicted octanol–water partition coefficient (Wildman–Crippen LogP) is -2.25. The van der Waals surface area contributed by atoms with E-state index in [0.29, 0.717) is 17.7 Å². The van der Waals surface area contributed by atoms with Crippen LogP contribution in [-0.2, 0) is 32.0 Å². The minimum Gasteiger partial charge on any atom is -0.508 e. The number of H-pyrrole nitrogens is 1. The van der Waals surface area contributed by atoms with E-state index in [0.717, 1.165) is 0 Å². The molecule has 1 aromatic carbocycles. The summed E-state index contributed by atoms with van der Waals surface area (Å²) in [5, 5.41) is 26.5. The highest BCUT2D eigenvalue weighted by Crippen LogP contribution is 2.12. The number of carbonyl (C=O) groups is 4. The number of hydrogen-bond donors (Lipinski definition) is 10. The number of aliphatic imine (C=N–C) groups is 1. The summed E-state index contributed by atoms with van der Waals surface area (Å²) < 4.78 is 0. The maximum atomic E-state index is 13.1. The number of benzene rings is 1. The molecule has 0 saturated carbocycles. The van der Waals surface area contributed by atoms with Gasteiger partial charge in [-0.25, -0.2) is 9.78 Å². The van der Waals surface area contributed by atoms with E-state index in [-0.39, 0.29) is 43.3 Å². The number of guanidine groups is 1. The topological polar surface area (TPSA) is 264 Å². The molecule has 0 bridgehead atoms. The van der Waals surface area contributed by atoms with Gasteiger partial charge in [0.25, 0.3) is 0 Å². The van der Waals surface area contributed by atoms with E-state index in [1.54, 1.807) is 0 Å². The lowest BCUT2D eigenvalue weighted by molar-refractivity contribution is -0.142. The second kappa shape index (κ2) is 15.9. The molecule has 16 heteroatoms. The molecule has 0 aliphatic rings. The summed E-state index contributed by atoms with van der Waals surface area (Å²) in [5.74, 6) is -3.65. The van der Waals surface area contributed by atoms with Crippen LogP contribution in [0, 0.1) is 0 Å². The highest BCUT2D eigenvalue weighted by atomic mass is 32.1. The minimum atomic E-state index is -1.31. The van der Waals surface area contributed by atoms with E-state index in [1.165, 1.54) is 36.8 Å². The van der Waals surface area contributed by atoms with Crippen LogP contribution in [0.25, 0.3) is 0 Å². The quantitative estimate of drug-likeness (QED) is 0.0443. The van der Waals surface area contributed by atoms with Gasteiger partial charge in [0.2, 0.25) is 17.7 Å². The van der Waals surface area contributed by atoms with Crippen LogP contribution >= 0.6 is 12.6 Å². The normalized spacial score (nSPS) is 13.8. The highest BCUT2D eigenvalue weighted by Gasteiger charge is 2.30. The predicted molar refractivity (Wildman–Crippen MR) is 149 cm³/mol. The molecule has 0 saturated heterocycles. The van der Waals surface area contributed by atoms with Gasteiger partial charge in [-0.2, -0.15) is 12.6 Å². The number of amides is 3. The Morgan fingerprint density at radius 1 is 0.975 bits per heavy atom. The van der Waals surface area contributed by atoms with Crippen LogP contribution in [0.15, 0.2) is 41.8 Å². The first-order valence-corrected chi connectivity index (χ1v) is 12.9. The number of carboxylic acid groups (broad SMARTS) is 1. The van der Waals surface area contributed by atoms with Crippen molar-refractivity contribution < 1.29 is 29.4 Å². The van der Waals surface area contributed by atoms with Crippen LogP contribution < -0.4 is 33.2 Å². The molecule has 2 aromatic rings. The number of carboxylic acids is 1. The molecule has 0 aliphatic heterocycles. The van der Waals surface area contributed by atoms with Gasteiger partial charge in [0, 0.05) is 37.0 Å². The van der Waals surface area contributed by atoms with Crippen LogP contribution in [0.4, 0.5) is 0 Å². The van der Waals surface area contributed by atoms with E-state index >= 15 is 0 Å². The number of rotatable bonds is 16. The number of aromatic hydroxyl groups is 1. The molecule has 218 valence electrons. The average molecular weight is 578 g/mol. The first-order valence-electron chi connectivity index (χ1n) is 12.3. The van der Waals surface area contributed by atoms with Gasteiger partial charge < -0.3 is 48.3 Å². The fourth-order valence-corrected chi connectivity index (χ4v) is 3.84. The summed E-state index contributed by atoms with van der Waals surface area (Å²) in [6.45, 7) is 0.191. The van der Waals surface area contributed by atoms with E-state index in [9.17, 15) is 29.4 Å². The third-order valence-corrected chi connectivity index (χ3v) is 6.08. The molecule has 2 rings (SSSR count). The Morgan fingerprint density at radius 3 is 2.17 bits per heavy atom. The second-order valence-electron chi connectivity index (χ2n) is 8.91. The van der Waals surface area contributed by atoms with Gasteiger partial charge in [-0.15, -0.1) is 0 Å². The monoisotopic (exact) mass is 577 g/mol. The Balaban J connectivity index is 2.07. The van der Waals surface area contributed by atoms with Crippen molar-refractivity contribution >= 4 is 42.3 Å². The number of thiol groups is 1. The summed E-state index contributed by atoms with van der Waals surface area (Å²) in [7, 11) is 0. The Kier molecular flexibility index (Phi) is 12.7. The summed E-state index contributed by atoms with van der Waals surface area (Å²) >= 11 is 4.13. The maximum Gasteiger partial charge on any atom is 0.326 e. The third kappa shape index (κ3) is 10.8. The van der Waals surface area contributed by atoms with Crippen LogP contribution in [0.1, 0.15) is 24.1 Å². The van der Waals surface area contributed by atoms with Crippen LogP contribution in [0.3, 0.4) is 0 Å². The Hall–Kier alpha value is -4.31. The zero-order chi connectivity index (χ0) is 29.7. The number of phenolic OH excluding ortho intramolecular Hbond substituents is 1. The van der Waals surface area contributed by atoms with Crippen molar-refractivity contribution in [2.24, 2.45) is 22.2 Å². The summed E-state index contributed by atoms with van der Waals surface area (Å²) in [6.07, 6.45) is 3.48. The number of aromatic amines is 1. The van der Waals surface area contributed by atoms with Gasteiger partial charge in [-0.1, -0.05) is 12.1 Å². The molecular formula is C24H35N9O6S. The molecule has 40 heavy (non-hydrogen) atoms. The zero-order valence-electron chi connectivity index (χ0n) is 21.6. The Bertz CT molecular complexity index is 1160. The standard InChI is InChI=1S/C24H35N9O6S/c25-16(9-14-10-28-12-30-14)20(35)31-17(2-1-7-29-24(26)27)21(36)33-19(11-40)22(37)32-18(23(38)39)8-13-3-5-15(34)6-4-13/h3-6,10,12,16-19,34,40H,1-2,7-9,11,25H2,(H,28,30)(H,31,35)(H,32,37)(H,33,36)(H,38,39)(H4,26,27,29). The lowest BCUT2D eigenvalue weighted by Gasteiger charge is -2.24. The number of phenols is 1. The number of aromatic nitrogens is 2. The third-order valence-electron chi connectivity index (χ3n) is 5.72. The number of imidazole rings is 1. The van der Waals surface area contributed by atoms with E-state index < -0.39 is 47.9 Å². The number of carbonyl (C=O) groups excluding carboxylic acids is 3. The molecule has 0 radical (unpaired) electrons. The molecule has 4 unspecified atom stereocenters. The van der Waals surface area contributed by atoms with Gasteiger partial charge in [0.05, 0.1) is 12.4 Å². The van der Waals surface area contributed by atoms with Crippen molar-refractivity contribution in [2.75, 3.05) is 12.3 Å². The molecule has 12 N–H and O–H groups in total. The minimum absolute atomic E-state index is 0.0136. The van der Waals surface area contributed by atoms with Crippen molar-refractivity contribution in [3.05, 3.63) is 48.0 Å². The van der Waals surface area contributed by atoms with Gasteiger partial charge in [-0.3, -0.25) is 19.4 Å². The molecular weight excluding hydrogens is 542 g/mol. The van der Waals surface area contributed by atoms with E-state index in [4.69, 9.17) is 17.2 Å². The molecule has 1 heterocycles. The maximum absolute atomic E-state index is 13.1. The first-order chi connectivity index (χ1) is 19.0. The largest absolute Gasteiger partial charge is 0.508 e. The number of hydrogen-bond acceptors (Lipinski definition) is 9. The first kappa shape index (κ1) is 31.9. The summed E-state index contributed by atoms with van der Waals surface area (Å²) in [4.78, 5) is 61.1. The molecule has 3 amide bonds. The second-order valence-corrected chi connectivity index (χ2v) is 9.28. The van der Waals surface area contributed by atoms with Gasteiger partial charge in [0.15, 0.2) is 5.96 Å². The van der Waals surface area contributed by atoms with Crippen molar-refractivity contribution in [3.8, 4) is 5.75 Å². The summed E-state index contributed by atoms with van der Waals surface area (Å²) in [6, 6.07) is 1.24. The molecule has 0 aliphatic carbocycles. The van der Waals surface area contributed by atoms with Crippen molar-refractivity contribution in [2.45, 2.75) is 49.9 Å². The fraction of sp³-hybridized carbons (Fsp3) is 0.417. The van der Waals surface area contributed by atoms with Gasteiger partial charge >= 0.3 is 5.97 Å². The number of nitrogens with one attached hydrogen (secondary N) is 4. The van der Waals surface area contributed by atoms with E-state index in [1.807, 2.05) is 0 Å². The van der Waals surface area contributed by atoms with Crippen molar-refractivity contribution in [1.82, 2.24) is 25.9 Å². The van der Waals surface area contributed by atoms with Crippen molar-refractivity contribution in [3.63, 3.8) is 0 Å². The van der Waals surface area contributed by atoms with Gasteiger partial charge in [-0.05, 0) is 30.5 Å². The van der Waals surface area contributed by atoms with Crippen LogP contribution in [0.5, 0.6) is 5.75 Å². The van der Waals surface area contributed by atoms with E-state index in [2.05, 4.69) is 43.5 Å². The SMILES string of the molecule is NC(N)=NCCCC(NC(=O)C(N)Cc1cnc[nH]1)C(=O)NC(CS)C(=O)NC(Cc1ccc(O)cc1)C(=O)O. The molecule has 0 fully saturated rings. The van der Waals surface area contributed by atoms with Crippen molar-refractivity contribution in [1.29, 1.82) is 0 Å². The lowest BCUT2D eigenvalue weighted by atomic mass is 10.1. The number of nitrogens with zero attached hydrogens (tertiary/aromatic N) is 2. The molecule has 1 aromatic heterocycles. The smallest absolute Gasteiger partial charge is 0.326 e. The van der Waals surface area contributed by atoms with Crippen LogP contribution in [0.2, 0.25) is 0 Å². The number of nitrogens with two attached hydrogens (primary N) is 3. The Labute approximate surface area is 235 Å². The fourth-order valence-electron chi connectivity index (χ4n) is 3.58. The average Bonchev–Trinajstić information content (AvgIpc) is 3.42. The molecule has 15 nitrogen and oxygen atoms in total. The van der Waals surface area contributed by atoms with Crippen LogP contribution in [-0.4, -0.2) is 86.3 Å². The highest BCUT2D eigenvalue weighted by molar-refractivity contribution is 7.80.